The molecule has 21 heavy (non-hydrogen) atoms. The Kier molecular flexibility index (Phi) is 4.89. The van der Waals surface area contributed by atoms with Gasteiger partial charge in [-0.25, -0.2) is 8.42 Å². The van der Waals surface area contributed by atoms with Crippen molar-refractivity contribution in [3.05, 3.63) is 28.8 Å². The SMILES string of the molecule is C[C@H](N)[C@@H]1CCCCN1S(=O)(=O)c1ccc(C#N)c(Cl)c1. The van der Waals surface area contributed by atoms with Crippen LogP contribution in [0.25, 0.3) is 0 Å². The standard InChI is InChI=1S/C14H18ClN3O2S/c1-10(17)14-4-2-3-7-18(14)21(19,20)12-6-5-11(9-16)13(15)8-12/h5-6,8,10,14H,2-4,7,17H2,1H3/t10-,14-/m0/s1. The van der Waals surface area contributed by atoms with Crippen molar-refractivity contribution in [2.45, 2.75) is 43.2 Å². The van der Waals surface area contributed by atoms with E-state index in [1.165, 1.54) is 22.5 Å². The number of sulfonamides is 1. The molecule has 0 bridgehead atoms. The number of piperidine rings is 1. The lowest BCUT2D eigenvalue weighted by Gasteiger charge is -2.36. The zero-order valence-corrected chi connectivity index (χ0v) is 13.4. The van der Waals surface area contributed by atoms with E-state index < -0.39 is 10.0 Å². The molecule has 0 radical (unpaired) electrons. The molecule has 0 spiro atoms. The van der Waals surface area contributed by atoms with Crippen LogP contribution >= 0.6 is 11.6 Å². The van der Waals surface area contributed by atoms with Gasteiger partial charge in [-0.15, -0.1) is 0 Å². The predicted octanol–water partition coefficient (Wildman–Crippen LogP) is 2.10. The molecular formula is C14H18ClN3O2S. The molecule has 5 nitrogen and oxygen atoms in total. The molecule has 0 aliphatic carbocycles. The Morgan fingerprint density at radius 3 is 2.76 bits per heavy atom. The fraction of sp³-hybridized carbons (Fsp3) is 0.500. The summed E-state index contributed by atoms with van der Waals surface area (Å²) in [6, 6.07) is 5.69. The molecule has 1 aromatic rings. The second kappa shape index (κ2) is 6.32. The third-order valence-corrected chi connectivity index (χ3v) is 6.01. The van der Waals surface area contributed by atoms with Crippen molar-refractivity contribution in [1.29, 1.82) is 5.26 Å². The number of benzene rings is 1. The normalized spacial score (nSPS) is 21.7. The van der Waals surface area contributed by atoms with Crippen LogP contribution in [0.3, 0.4) is 0 Å². The molecule has 2 N–H and O–H groups in total. The molecule has 0 amide bonds. The summed E-state index contributed by atoms with van der Waals surface area (Å²) < 4.78 is 27.0. The van der Waals surface area contributed by atoms with Gasteiger partial charge in [0.1, 0.15) is 6.07 Å². The molecule has 1 heterocycles. The van der Waals surface area contributed by atoms with Crippen molar-refractivity contribution in [3.63, 3.8) is 0 Å². The van der Waals surface area contributed by atoms with Crippen molar-refractivity contribution < 1.29 is 8.42 Å². The molecule has 7 heteroatoms. The van der Waals surface area contributed by atoms with E-state index in [0.717, 1.165) is 19.3 Å². The molecule has 1 saturated heterocycles. The Hall–Kier alpha value is -1.13. The van der Waals surface area contributed by atoms with Crippen LogP contribution in [0.2, 0.25) is 5.02 Å². The Morgan fingerprint density at radius 2 is 2.19 bits per heavy atom. The highest BCUT2D eigenvalue weighted by Gasteiger charge is 2.35. The van der Waals surface area contributed by atoms with E-state index in [1.807, 2.05) is 13.0 Å². The Bertz CT molecular complexity index is 667. The van der Waals surface area contributed by atoms with E-state index in [2.05, 4.69) is 0 Å². The summed E-state index contributed by atoms with van der Waals surface area (Å²) in [4.78, 5) is 0.110. The van der Waals surface area contributed by atoms with Gasteiger partial charge in [0, 0.05) is 18.6 Å². The van der Waals surface area contributed by atoms with Crippen molar-refractivity contribution in [2.24, 2.45) is 5.73 Å². The van der Waals surface area contributed by atoms with Crippen LogP contribution in [-0.4, -0.2) is 31.4 Å². The average molecular weight is 328 g/mol. The number of hydrogen-bond acceptors (Lipinski definition) is 4. The molecule has 114 valence electrons. The first kappa shape index (κ1) is 16.2. The summed E-state index contributed by atoms with van der Waals surface area (Å²) in [6.07, 6.45) is 2.57. The topological polar surface area (TPSA) is 87.2 Å². The smallest absolute Gasteiger partial charge is 0.243 e. The summed E-state index contributed by atoms with van der Waals surface area (Å²) in [5.41, 5.74) is 6.19. The molecular weight excluding hydrogens is 310 g/mol. The van der Waals surface area contributed by atoms with Crippen LogP contribution < -0.4 is 5.73 Å². The minimum atomic E-state index is -3.64. The minimum absolute atomic E-state index is 0.110. The summed E-state index contributed by atoms with van der Waals surface area (Å²) in [7, 11) is -3.64. The molecule has 0 aromatic heterocycles. The lowest BCUT2D eigenvalue weighted by atomic mass is 10.00. The summed E-state index contributed by atoms with van der Waals surface area (Å²) >= 11 is 5.94. The maximum Gasteiger partial charge on any atom is 0.243 e. The molecule has 2 rings (SSSR count). The first-order valence-electron chi connectivity index (χ1n) is 6.85. The van der Waals surface area contributed by atoms with Gasteiger partial charge in [0.2, 0.25) is 10.0 Å². The lowest BCUT2D eigenvalue weighted by molar-refractivity contribution is 0.227. The average Bonchev–Trinajstić information content (AvgIpc) is 2.47. The molecule has 1 aliphatic heterocycles. The van der Waals surface area contributed by atoms with Gasteiger partial charge < -0.3 is 5.73 Å². The fourth-order valence-corrected chi connectivity index (χ4v) is 4.73. The first-order valence-corrected chi connectivity index (χ1v) is 8.67. The first-order chi connectivity index (χ1) is 9.87. The van der Waals surface area contributed by atoms with Crippen LogP contribution in [0, 0.1) is 11.3 Å². The third-order valence-electron chi connectivity index (χ3n) is 3.77. The molecule has 1 fully saturated rings. The van der Waals surface area contributed by atoms with Crippen molar-refractivity contribution >= 4 is 21.6 Å². The van der Waals surface area contributed by atoms with E-state index in [0.29, 0.717) is 6.54 Å². The molecule has 0 unspecified atom stereocenters. The van der Waals surface area contributed by atoms with E-state index in [1.54, 1.807) is 0 Å². The zero-order chi connectivity index (χ0) is 15.6. The van der Waals surface area contributed by atoms with E-state index in [-0.39, 0.29) is 27.6 Å². The number of rotatable bonds is 3. The number of nitriles is 1. The van der Waals surface area contributed by atoms with E-state index >= 15 is 0 Å². The third kappa shape index (κ3) is 3.22. The lowest BCUT2D eigenvalue weighted by Crippen LogP contribution is -2.51. The highest BCUT2D eigenvalue weighted by molar-refractivity contribution is 7.89. The van der Waals surface area contributed by atoms with Gasteiger partial charge in [-0.2, -0.15) is 9.57 Å². The van der Waals surface area contributed by atoms with Gasteiger partial charge in [-0.1, -0.05) is 18.0 Å². The van der Waals surface area contributed by atoms with Crippen LogP contribution in [0.4, 0.5) is 0 Å². The molecule has 0 saturated carbocycles. The number of hydrogen-bond donors (Lipinski definition) is 1. The molecule has 1 aromatic carbocycles. The van der Waals surface area contributed by atoms with Gasteiger partial charge in [-0.3, -0.25) is 0 Å². The van der Waals surface area contributed by atoms with Crippen molar-refractivity contribution in [1.82, 2.24) is 4.31 Å². The maximum atomic E-state index is 12.8. The Morgan fingerprint density at radius 1 is 1.48 bits per heavy atom. The van der Waals surface area contributed by atoms with E-state index in [4.69, 9.17) is 22.6 Å². The predicted molar refractivity (Wildman–Crippen MR) is 81.3 cm³/mol. The van der Waals surface area contributed by atoms with E-state index in [9.17, 15) is 8.42 Å². The summed E-state index contributed by atoms with van der Waals surface area (Å²) in [5.74, 6) is 0. The highest BCUT2D eigenvalue weighted by atomic mass is 35.5. The zero-order valence-electron chi connectivity index (χ0n) is 11.8. The van der Waals surface area contributed by atoms with Crippen LogP contribution in [0.5, 0.6) is 0 Å². The van der Waals surface area contributed by atoms with Crippen LogP contribution in [0.15, 0.2) is 23.1 Å². The fourth-order valence-electron chi connectivity index (χ4n) is 2.64. The van der Waals surface area contributed by atoms with Crippen molar-refractivity contribution in [2.75, 3.05) is 6.54 Å². The van der Waals surface area contributed by atoms with Gasteiger partial charge in [0.05, 0.1) is 15.5 Å². The number of nitrogens with two attached hydrogens (primary N) is 1. The number of nitrogens with zero attached hydrogens (tertiary/aromatic N) is 2. The Labute approximate surface area is 130 Å². The second-order valence-corrected chi connectivity index (χ2v) is 7.59. The highest BCUT2D eigenvalue weighted by Crippen LogP contribution is 2.28. The largest absolute Gasteiger partial charge is 0.326 e. The monoisotopic (exact) mass is 327 g/mol. The summed E-state index contributed by atoms with van der Waals surface area (Å²) in [5, 5.41) is 9.01. The second-order valence-electron chi connectivity index (χ2n) is 5.29. The van der Waals surface area contributed by atoms with Crippen LogP contribution in [0.1, 0.15) is 31.7 Å². The van der Waals surface area contributed by atoms with Crippen molar-refractivity contribution in [3.8, 4) is 6.07 Å². The van der Waals surface area contributed by atoms with Gasteiger partial charge in [0.15, 0.2) is 0 Å². The van der Waals surface area contributed by atoms with Gasteiger partial charge >= 0.3 is 0 Å². The minimum Gasteiger partial charge on any atom is -0.326 e. The number of halogens is 1. The summed E-state index contributed by atoms with van der Waals surface area (Å²) in [6.45, 7) is 2.29. The molecule has 2 atom stereocenters. The molecule has 1 aliphatic rings. The van der Waals surface area contributed by atoms with Crippen LogP contribution in [-0.2, 0) is 10.0 Å². The maximum absolute atomic E-state index is 12.8. The Balaban J connectivity index is 2.41. The van der Waals surface area contributed by atoms with Gasteiger partial charge in [-0.05, 0) is 38.0 Å². The van der Waals surface area contributed by atoms with Gasteiger partial charge in [0.25, 0.3) is 0 Å². The quantitative estimate of drug-likeness (QED) is 0.921.